The first-order chi connectivity index (χ1) is 7.69. The summed E-state index contributed by atoms with van der Waals surface area (Å²) in [4.78, 5) is 9.84. The van der Waals surface area contributed by atoms with Crippen LogP contribution < -0.4 is 0 Å². The molecule has 2 N–H and O–H groups in total. The Labute approximate surface area is 96.9 Å². The van der Waals surface area contributed by atoms with Crippen LogP contribution in [0.5, 0.6) is 0 Å². The second-order valence-corrected chi connectivity index (χ2v) is 3.90. The summed E-state index contributed by atoms with van der Waals surface area (Å²) < 4.78 is 4.14. The Kier molecular flexibility index (Phi) is 8.85. The molecule has 0 aromatic carbocycles. The molecule has 94 valence electrons. The fourth-order valence-electron chi connectivity index (χ4n) is 1.85. The molecular weight excluding hydrogens is 208 g/mol. The van der Waals surface area contributed by atoms with Crippen LogP contribution in [0.25, 0.3) is 0 Å². The maximum absolute atomic E-state index is 9.84. The fourth-order valence-corrected chi connectivity index (χ4v) is 1.85. The highest BCUT2D eigenvalue weighted by molar-refractivity contribution is 5.80. The summed E-state index contributed by atoms with van der Waals surface area (Å²) >= 11 is 0. The molecule has 1 rings (SSSR count). The van der Waals surface area contributed by atoms with Crippen molar-refractivity contribution in [3.05, 3.63) is 12.7 Å². The van der Waals surface area contributed by atoms with E-state index < -0.39 is 5.97 Å². The van der Waals surface area contributed by atoms with E-state index in [0.717, 1.165) is 18.9 Å². The van der Waals surface area contributed by atoms with Crippen LogP contribution in [0.15, 0.2) is 12.7 Å². The third-order valence-corrected chi connectivity index (χ3v) is 2.90. The predicted molar refractivity (Wildman–Crippen MR) is 61.8 cm³/mol. The van der Waals surface area contributed by atoms with Gasteiger partial charge in [0.15, 0.2) is 0 Å². The molecule has 1 aliphatic rings. The number of carbonyl (C=O) groups excluding carboxylic acids is 1. The lowest BCUT2D eigenvalue weighted by molar-refractivity contribution is -0.134. The van der Waals surface area contributed by atoms with Crippen LogP contribution in [0.2, 0.25) is 0 Å². The van der Waals surface area contributed by atoms with E-state index >= 15 is 0 Å². The average molecular weight is 230 g/mol. The molecule has 1 aliphatic carbocycles. The maximum atomic E-state index is 9.84. The van der Waals surface area contributed by atoms with Crippen LogP contribution in [0.3, 0.4) is 0 Å². The Morgan fingerprint density at radius 2 is 1.75 bits per heavy atom. The second kappa shape index (κ2) is 9.36. The Morgan fingerprint density at radius 3 is 1.94 bits per heavy atom. The zero-order valence-electron chi connectivity index (χ0n) is 9.89. The number of hydrogen-bond acceptors (Lipinski definition) is 4. The van der Waals surface area contributed by atoms with Crippen LogP contribution in [0.1, 0.15) is 25.7 Å². The highest BCUT2D eigenvalue weighted by Gasteiger charge is 2.23. The van der Waals surface area contributed by atoms with Crippen molar-refractivity contribution in [2.24, 2.45) is 11.8 Å². The van der Waals surface area contributed by atoms with Crippen molar-refractivity contribution >= 4 is 5.97 Å². The van der Waals surface area contributed by atoms with Crippen molar-refractivity contribution < 1.29 is 19.7 Å². The van der Waals surface area contributed by atoms with E-state index in [9.17, 15) is 4.79 Å². The molecule has 1 saturated carbocycles. The molecule has 16 heavy (non-hydrogen) atoms. The molecule has 0 amide bonds. The molecule has 0 saturated heterocycles. The van der Waals surface area contributed by atoms with Crippen molar-refractivity contribution in [3.8, 4) is 0 Å². The van der Waals surface area contributed by atoms with Gasteiger partial charge in [0.05, 0.1) is 7.11 Å². The van der Waals surface area contributed by atoms with Gasteiger partial charge in [-0.15, -0.1) is 0 Å². The van der Waals surface area contributed by atoms with Gasteiger partial charge >= 0.3 is 5.97 Å². The summed E-state index contributed by atoms with van der Waals surface area (Å²) in [5.74, 6) is 0.354. The molecular formula is C12H22O4. The van der Waals surface area contributed by atoms with Crippen molar-refractivity contribution in [2.75, 3.05) is 20.3 Å². The molecule has 0 bridgehead atoms. The maximum Gasteiger partial charge on any atom is 0.329 e. The van der Waals surface area contributed by atoms with E-state index in [1.807, 2.05) is 0 Å². The van der Waals surface area contributed by atoms with Crippen LogP contribution >= 0.6 is 0 Å². The third kappa shape index (κ3) is 5.88. The molecule has 0 aromatic heterocycles. The van der Waals surface area contributed by atoms with E-state index in [1.54, 1.807) is 0 Å². The van der Waals surface area contributed by atoms with Gasteiger partial charge in [-0.2, -0.15) is 0 Å². The monoisotopic (exact) mass is 230 g/mol. The van der Waals surface area contributed by atoms with E-state index in [4.69, 9.17) is 10.2 Å². The molecule has 0 aliphatic heterocycles. The second-order valence-electron chi connectivity index (χ2n) is 3.90. The van der Waals surface area contributed by atoms with Gasteiger partial charge in [0.1, 0.15) is 0 Å². The van der Waals surface area contributed by atoms with Crippen molar-refractivity contribution in [1.82, 2.24) is 0 Å². The van der Waals surface area contributed by atoms with Gasteiger partial charge in [-0.1, -0.05) is 19.4 Å². The molecule has 4 nitrogen and oxygen atoms in total. The average Bonchev–Trinajstić information content (AvgIpc) is 2.38. The van der Waals surface area contributed by atoms with Gasteiger partial charge < -0.3 is 14.9 Å². The quantitative estimate of drug-likeness (QED) is 0.563. The van der Waals surface area contributed by atoms with Gasteiger partial charge in [-0.3, -0.25) is 0 Å². The lowest BCUT2D eigenvalue weighted by Crippen LogP contribution is -2.25. The smallest absolute Gasteiger partial charge is 0.329 e. The Morgan fingerprint density at radius 1 is 1.31 bits per heavy atom. The standard InChI is InChI=1S/C8H16O2.C4H6O2/c9-5-7-3-1-2-4-8(7)6-10;1-3-4(5)6-2/h7-10H,1-6H2;3H,1H2,2H3. The number of ether oxygens (including phenoxy) is 1. The van der Waals surface area contributed by atoms with Crippen LogP contribution in [-0.2, 0) is 9.53 Å². The lowest BCUT2D eigenvalue weighted by atomic mass is 9.80. The van der Waals surface area contributed by atoms with Gasteiger partial charge in [0.25, 0.3) is 0 Å². The number of aliphatic hydroxyl groups excluding tert-OH is 2. The van der Waals surface area contributed by atoms with Crippen LogP contribution in [-0.4, -0.2) is 36.5 Å². The number of carbonyl (C=O) groups is 1. The lowest BCUT2D eigenvalue weighted by Gasteiger charge is -2.28. The highest BCUT2D eigenvalue weighted by Crippen LogP contribution is 2.28. The fraction of sp³-hybridized carbons (Fsp3) is 0.750. The Bertz CT molecular complexity index is 191. The van der Waals surface area contributed by atoms with E-state index in [0.29, 0.717) is 11.8 Å². The normalized spacial score (nSPS) is 23.9. The summed E-state index contributed by atoms with van der Waals surface area (Å²) in [6.07, 6.45) is 5.76. The molecule has 0 spiro atoms. The minimum absolute atomic E-state index is 0.255. The zero-order valence-corrected chi connectivity index (χ0v) is 9.89. The highest BCUT2D eigenvalue weighted by atomic mass is 16.5. The number of methoxy groups -OCH3 is 1. The molecule has 1 fully saturated rings. The van der Waals surface area contributed by atoms with Crippen molar-refractivity contribution in [3.63, 3.8) is 0 Å². The minimum Gasteiger partial charge on any atom is -0.466 e. The van der Waals surface area contributed by atoms with Gasteiger partial charge in [0.2, 0.25) is 0 Å². The molecule has 0 radical (unpaired) electrons. The van der Waals surface area contributed by atoms with Crippen LogP contribution in [0, 0.1) is 11.8 Å². The summed E-state index contributed by atoms with van der Waals surface area (Å²) in [6, 6.07) is 0. The molecule has 2 unspecified atom stereocenters. The Hall–Kier alpha value is -0.870. The van der Waals surface area contributed by atoms with Gasteiger partial charge in [-0.05, 0) is 24.7 Å². The number of aliphatic hydroxyl groups is 2. The largest absolute Gasteiger partial charge is 0.466 e. The SMILES string of the molecule is C=CC(=O)OC.OCC1CCCCC1CO. The van der Waals surface area contributed by atoms with E-state index in [-0.39, 0.29) is 13.2 Å². The van der Waals surface area contributed by atoms with Gasteiger partial charge in [0, 0.05) is 19.3 Å². The first-order valence-electron chi connectivity index (χ1n) is 5.61. The topological polar surface area (TPSA) is 66.8 Å². The van der Waals surface area contributed by atoms with E-state index in [2.05, 4.69) is 11.3 Å². The first kappa shape index (κ1) is 15.1. The number of hydrogen-bond donors (Lipinski definition) is 2. The summed E-state index contributed by atoms with van der Waals surface area (Å²) in [5.41, 5.74) is 0. The number of rotatable bonds is 3. The minimum atomic E-state index is -0.394. The summed E-state index contributed by atoms with van der Waals surface area (Å²) in [6.45, 7) is 3.67. The summed E-state index contributed by atoms with van der Waals surface area (Å²) in [5, 5.41) is 17.8. The molecule has 0 heterocycles. The summed E-state index contributed by atoms with van der Waals surface area (Å²) in [7, 11) is 1.31. The third-order valence-electron chi connectivity index (χ3n) is 2.90. The zero-order chi connectivity index (χ0) is 12.4. The number of esters is 1. The van der Waals surface area contributed by atoms with Crippen LogP contribution in [0.4, 0.5) is 0 Å². The van der Waals surface area contributed by atoms with Gasteiger partial charge in [-0.25, -0.2) is 4.79 Å². The Balaban J connectivity index is 0.000000325. The molecule has 4 heteroatoms. The molecule has 0 aromatic rings. The first-order valence-corrected chi connectivity index (χ1v) is 5.61. The van der Waals surface area contributed by atoms with Crippen molar-refractivity contribution in [2.45, 2.75) is 25.7 Å². The van der Waals surface area contributed by atoms with E-state index in [1.165, 1.54) is 20.0 Å². The predicted octanol–water partition coefficient (Wildman–Crippen LogP) is 1.12. The van der Waals surface area contributed by atoms with Crippen molar-refractivity contribution in [1.29, 1.82) is 0 Å². The molecule has 2 atom stereocenters.